The molecule has 1 aromatic carbocycles. The van der Waals surface area contributed by atoms with E-state index in [-0.39, 0.29) is 24.3 Å². The Hall–Kier alpha value is -2.10. The van der Waals surface area contributed by atoms with Crippen molar-refractivity contribution in [1.82, 2.24) is 4.98 Å². The lowest BCUT2D eigenvalue weighted by Gasteiger charge is -2.08. The molecule has 1 unspecified atom stereocenters. The molecule has 1 heterocycles. The Balaban J connectivity index is 2.16. The number of nitrogens with one attached hydrogen (secondary N) is 1. The smallest absolute Gasteiger partial charge is 0.309 e. The van der Waals surface area contributed by atoms with Gasteiger partial charge in [-0.25, -0.2) is 0 Å². The molecule has 0 aliphatic heterocycles. The van der Waals surface area contributed by atoms with Gasteiger partial charge in [0, 0.05) is 22.2 Å². The zero-order chi connectivity index (χ0) is 14.7. The fourth-order valence-corrected chi connectivity index (χ4v) is 2.15. The summed E-state index contributed by atoms with van der Waals surface area (Å²) in [4.78, 5) is 27.0. The van der Waals surface area contributed by atoms with E-state index in [2.05, 4.69) is 4.98 Å². The van der Waals surface area contributed by atoms with Gasteiger partial charge in [0.2, 0.25) is 5.78 Å². The molecule has 1 atom stereocenters. The molecule has 2 rings (SSSR count). The molecule has 0 radical (unpaired) electrons. The van der Waals surface area contributed by atoms with Crippen LogP contribution in [0.1, 0.15) is 36.3 Å². The number of carbonyl (C=O) groups is 2. The number of esters is 1. The highest BCUT2D eigenvalue weighted by molar-refractivity contribution is 6.10. The number of fused-ring (bicyclic) bond motifs is 1. The van der Waals surface area contributed by atoms with Crippen molar-refractivity contribution in [3.63, 3.8) is 0 Å². The van der Waals surface area contributed by atoms with Crippen LogP contribution in [0, 0.1) is 12.8 Å². The maximum atomic E-state index is 12.3. The van der Waals surface area contributed by atoms with Crippen molar-refractivity contribution in [1.29, 1.82) is 0 Å². The first-order valence-corrected chi connectivity index (χ1v) is 6.81. The third-order valence-corrected chi connectivity index (χ3v) is 3.53. The van der Waals surface area contributed by atoms with Crippen molar-refractivity contribution in [3.05, 3.63) is 35.5 Å². The van der Waals surface area contributed by atoms with Crippen LogP contribution in [-0.4, -0.2) is 23.3 Å². The van der Waals surface area contributed by atoms with Gasteiger partial charge in [0.15, 0.2) is 6.61 Å². The topological polar surface area (TPSA) is 59.2 Å². The first kappa shape index (κ1) is 14.3. The summed E-state index contributed by atoms with van der Waals surface area (Å²) in [6, 6.07) is 7.61. The van der Waals surface area contributed by atoms with Crippen LogP contribution in [0.3, 0.4) is 0 Å². The highest BCUT2D eigenvalue weighted by Gasteiger charge is 2.19. The number of Topliss-reactive ketones (excluding diaryl/α,β-unsaturated/α-hetero) is 1. The van der Waals surface area contributed by atoms with E-state index in [9.17, 15) is 9.59 Å². The molecule has 106 valence electrons. The van der Waals surface area contributed by atoms with Crippen LogP contribution >= 0.6 is 0 Å². The first-order chi connectivity index (χ1) is 9.54. The van der Waals surface area contributed by atoms with Gasteiger partial charge in [0.05, 0.1) is 5.92 Å². The fraction of sp³-hybridized carbons (Fsp3) is 0.375. The molecule has 0 saturated heterocycles. The second-order valence-corrected chi connectivity index (χ2v) is 5.01. The number of aryl methyl sites for hydroxylation is 1. The van der Waals surface area contributed by atoms with E-state index in [1.165, 1.54) is 0 Å². The largest absolute Gasteiger partial charge is 0.457 e. The van der Waals surface area contributed by atoms with E-state index in [0.717, 1.165) is 16.6 Å². The molecular formula is C16H19NO3. The molecule has 20 heavy (non-hydrogen) atoms. The van der Waals surface area contributed by atoms with Gasteiger partial charge in [-0.3, -0.25) is 9.59 Å². The number of benzene rings is 1. The van der Waals surface area contributed by atoms with Gasteiger partial charge in [-0.15, -0.1) is 0 Å². The minimum Gasteiger partial charge on any atom is -0.457 e. The third-order valence-electron chi connectivity index (χ3n) is 3.53. The van der Waals surface area contributed by atoms with Gasteiger partial charge in [-0.05, 0) is 19.4 Å². The van der Waals surface area contributed by atoms with Crippen molar-refractivity contribution >= 4 is 22.7 Å². The fourth-order valence-electron chi connectivity index (χ4n) is 2.15. The minimum absolute atomic E-state index is 0.170. The maximum Gasteiger partial charge on any atom is 0.309 e. The molecule has 0 fully saturated rings. The molecule has 1 N–H and O–H groups in total. The van der Waals surface area contributed by atoms with Crippen molar-refractivity contribution in [2.24, 2.45) is 5.92 Å². The molecule has 4 nitrogen and oxygen atoms in total. The minimum atomic E-state index is -0.321. The summed E-state index contributed by atoms with van der Waals surface area (Å²) in [6.07, 6.45) is 0.707. The number of H-pyrrole nitrogens is 1. The van der Waals surface area contributed by atoms with Crippen LogP contribution in [0.15, 0.2) is 24.3 Å². The van der Waals surface area contributed by atoms with E-state index >= 15 is 0 Å². The normalized spacial score (nSPS) is 12.3. The molecule has 0 aliphatic rings. The molecule has 4 heteroatoms. The quantitative estimate of drug-likeness (QED) is 0.672. The number of rotatable bonds is 5. The number of hydrogen-bond donors (Lipinski definition) is 1. The van der Waals surface area contributed by atoms with Gasteiger partial charge in [-0.2, -0.15) is 0 Å². The van der Waals surface area contributed by atoms with E-state index in [4.69, 9.17) is 4.74 Å². The summed E-state index contributed by atoms with van der Waals surface area (Å²) in [6.45, 7) is 5.36. The second kappa shape index (κ2) is 5.90. The summed E-state index contributed by atoms with van der Waals surface area (Å²) in [5.41, 5.74) is 2.33. The van der Waals surface area contributed by atoms with E-state index < -0.39 is 0 Å². The number of ketones is 1. The molecule has 2 aromatic rings. The number of aromatic nitrogens is 1. The Morgan fingerprint density at radius 2 is 2.00 bits per heavy atom. The van der Waals surface area contributed by atoms with E-state index in [0.29, 0.717) is 12.0 Å². The van der Waals surface area contributed by atoms with Crippen LogP contribution in [-0.2, 0) is 9.53 Å². The summed E-state index contributed by atoms with van der Waals surface area (Å²) in [5.74, 6) is -0.665. The van der Waals surface area contributed by atoms with Gasteiger partial charge < -0.3 is 9.72 Å². The first-order valence-electron chi connectivity index (χ1n) is 6.81. The standard InChI is InChI=1S/C16H19NO3/c1-4-10(2)16(19)20-9-14(18)15-11(3)17-13-8-6-5-7-12(13)15/h5-8,10,17H,4,9H2,1-3H3. The van der Waals surface area contributed by atoms with Crippen LogP contribution < -0.4 is 0 Å². The molecule has 0 amide bonds. The summed E-state index contributed by atoms with van der Waals surface area (Å²) < 4.78 is 5.08. The van der Waals surface area contributed by atoms with Crippen LogP contribution in [0.4, 0.5) is 0 Å². The van der Waals surface area contributed by atoms with E-state index in [1.54, 1.807) is 6.92 Å². The SMILES string of the molecule is CCC(C)C(=O)OCC(=O)c1c(C)[nH]c2ccccc12. The zero-order valence-electron chi connectivity index (χ0n) is 12.0. The zero-order valence-corrected chi connectivity index (χ0v) is 12.0. The lowest BCUT2D eigenvalue weighted by Crippen LogP contribution is -2.19. The van der Waals surface area contributed by atoms with E-state index in [1.807, 2.05) is 38.1 Å². The molecule has 0 aliphatic carbocycles. The average Bonchev–Trinajstić information content (AvgIpc) is 2.79. The Kier molecular flexibility index (Phi) is 4.23. The number of para-hydroxylation sites is 1. The summed E-state index contributed by atoms with van der Waals surface area (Å²) in [7, 11) is 0. The maximum absolute atomic E-state index is 12.3. The number of ether oxygens (including phenoxy) is 1. The van der Waals surface area contributed by atoms with Gasteiger partial charge in [-0.1, -0.05) is 32.0 Å². The van der Waals surface area contributed by atoms with Gasteiger partial charge in [0.1, 0.15) is 0 Å². The Morgan fingerprint density at radius 1 is 1.30 bits per heavy atom. The average molecular weight is 273 g/mol. The Labute approximate surface area is 118 Å². The second-order valence-electron chi connectivity index (χ2n) is 5.01. The Morgan fingerprint density at radius 3 is 2.70 bits per heavy atom. The molecule has 1 aromatic heterocycles. The molecule has 0 saturated carbocycles. The van der Waals surface area contributed by atoms with Crippen molar-refractivity contribution in [2.45, 2.75) is 27.2 Å². The van der Waals surface area contributed by atoms with Crippen molar-refractivity contribution in [3.8, 4) is 0 Å². The van der Waals surface area contributed by atoms with Crippen LogP contribution in [0.25, 0.3) is 10.9 Å². The predicted octanol–water partition coefficient (Wildman–Crippen LogP) is 3.25. The van der Waals surface area contributed by atoms with Gasteiger partial charge >= 0.3 is 5.97 Å². The van der Waals surface area contributed by atoms with Crippen LogP contribution in [0.2, 0.25) is 0 Å². The van der Waals surface area contributed by atoms with Gasteiger partial charge in [0.25, 0.3) is 0 Å². The Bertz CT molecular complexity index is 642. The predicted molar refractivity (Wildman–Crippen MR) is 77.8 cm³/mol. The third kappa shape index (κ3) is 2.74. The number of aromatic amines is 1. The lowest BCUT2D eigenvalue weighted by atomic mass is 10.1. The number of hydrogen-bond acceptors (Lipinski definition) is 3. The van der Waals surface area contributed by atoms with Crippen LogP contribution in [0.5, 0.6) is 0 Å². The summed E-state index contributed by atoms with van der Waals surface area (Å²) >= 11 is 0. The monoisotopic (exact) mass is 273 g/mol. The molecule has 0 spiro atoms. The number of carbonyl (C=O) groups excluding carboxylic acids is 2. The van der Waals surface area contributed by atoms with Crippen molar-refractivity contribution < 1.29 is 14.3 Å². The molecular weight excluding hydrogens is 254 g/mol. The highest BCUT2D eigenvalue weighted by Crippen LogP contribution is 2.22. The summed E-state index contributed by atoms with van der Waals surface area (Å²) in [5, 5.41) is 0.870. The van der Waals surface area contributed by atoms with Crippen molar-refractivity contribution in [2.75, 3.05) is 6.61 Å². The highest BCUT2D eigenvalue weighted by atomic mass is 16.5. The molecule has 0 bridgehead atoms. The lowest BCUT2D eigenvalue weighted by molar-refractivity contribution is -0.146.